The van der Waals surface area contributed by atoms with Crippen LogP contribution in [0.2, 0.25) is 5.02 Å². The van der Waals surface area contributed by atoms with Crippen LogP contribution in [-0.2, 0) is 14.6 Å². The SMILES string of the molecule is COc1cc(C=C(C#N)C(=O)Nc2nc(S(C)(=O)=O)ns2)cc(Cl)c1OCCOc1ccccc1C. The van der Waals surface area contributed by atoms with E-state index < -0.39 is 20.9 Å². The molecule has 1 heterocycles. The first-order chi connectivity index (χ1) is 17.1. The second-order valence-electron chi connectivity index (χ2n) is 7.27. The fraction of sp³-hybridized carbons (Fsp3) is 0.217. The number of methoxy groups -OCH3 is 1. The molecule has 0 spiro atoms. The molecule has 0 atom stereocenters. The number of ether oxygens (including phenoxy) is 3. The fourth-order valence-electron chi connectivity index (χ4n) is 2.87. The minimum absolute atomic E-state index is 0.0612. The summed E-state index contributed by atoms with van der Waals surface area (Å²) in [5.41, 5.74) is 1.13. The van der Waals surface area contributed by atoms with Crippen LogP contribution in [0.5, 0.6) is 17.2 Å². The number of halogens is 1. The number of carbonyl (C=O) groups is 1. The Morgan fingerprint density at radius 3 is 2.58 bits per heavy atom. The van der Waals surface area contributed by atoms with Crippen LogP contribution in [0.15, 0.2) is 47.1 Å². The summed E-state index contributed by atoms with van der Waals surface area (Å²) in [6, 6.07) is 12.5. The molecular weight excluding hydrogens is 528 g/mol. The molecule has 3 rings (SSSR count). The van der Waals surface area contributed by atoms with Crippen LogP contribution in [0.25, 0.3) is 6.08 Å². The number of anilines is 1. The zero-order valence-electron chi connectivity index (χ0n) is 19.4. The Morgan fingerprint density at radius 2 is 1.94 bits per heavy atom. The lowest BCUT2D eigenvalue weighted by Gasteiger charge is -2.14. The van der Waals surface area contributed by atoms with Crippen molar-refractivity contribution < 1.29 is 27.4 Å². The van der Waals surface area contributed by atoms with Gasteiger partial charge in [0.2, 0.25) is 15.0 Å². The number of rotatable bonds is 10. The molecular formula is C23H21ClN4O6S2. The van der Waals surface area contributed by atoms with Crippen molar-refractivity contribution in [2.75, 3.05) is 31.9 Å². The molecule has 0 bridgehead atoms. The highest BCUT2D eigenvalue weighted by Crippen LogP contribution is 2.37. The molecule has 3 aromatic rings. The molecule has 0 unspecified atom stereocenters. The van der Waals surface area contributed by atoms with E-state index >= 15 is 0 Å². The standard InChI is InChI=1S/C23H21ClN4O6S2/c1-14-6-4-5-7-18(14)33-8-9-34-20-17(24)11-15(12-19(20)32-2)10-16(13-25)21(29)26-22-27-23(28-35-22)36(3,30)31/h4-7,10-12H,8-9H2,1-3H3,(H,26,27,28,29). The number of benzene rings is 2. The summed E-state index contributed by atoms with van der Waals surface area (Å²) >= 11 is 7.07. The summed E-state index contributed by atoms with van der Waals surface area (Å²) in [4.78, 5) is 16.3. The van der Waals surface area contributed by atoms with E-state index in [-0.39, 0.29) is 34.7 Å². The molecule has 1 amide bonds. The van der Waals surface area contributed by atoms with Crippen LogP contribution in [0.1, 0.15) is 11.1 Å². The minimum atomic E-state index is -3.62. The van der Waals surface area contributed by atoms with E-state index in [0.29, 0.717) is 22.8 Å². The van der Waals surface area contributed by atoms with Gasteiger partial charge in [0, 0.05) is 17.8 Å². The lowest BCUT2D eigenvalue weighted by Crippen LogP contribution is -2.13. The van der Waals surface area contributed by atoms with Gasteiger partial charge in [-0.2, -0.15) is 14.6 Å². The molecule has 0 aliphatic rings. The highest BCUT2D eigenvalue weighted by Gasteiger charge is 2.18. The zero-order valence-corrected chi connectivity index (χ0v) is 21.8. The summed E-state index contributed by atoms with van der Waals surface area (Å²) in [5.74, 6) is 0.541. The summed E-state index contributed by atoms with van der Waals surface area (Å²) in [7, 11) is -2.19. The van der Waals surface area contributed by atoms with Gasteiger partial charge in [-0.3, -0.25) is 10.1 Å². The van der Waals surface area contributed by atoms with Gasteiger partial charge in [-0.1, -0.05) is 29.8 Å². The van der Waals surface area contributed by atoms with Crippen molar-refractivity contribution in [3.05, 3.63) is 58.1 Å². The van der Waals surface area contributed by atoms with Gasteiger partial charge < -0.3 is 14.2 Å². The Bertz CT molecular complexity index is 1450. The maximum absolute atomic E-state index is 12.5. The van der Waals surface area contributed by atoms with Crippen molar-refractivity contribution in [1.82, 2.24) is 9.36 Å². The number of carbonyl (C=O) groups excluding carboxylic acids is 1. The monoisotopic (exact) mass is 548 g/mol. The van der Waals surface area contributed by atoms with Crippen molar-refractivity contribution in [1.29, 1.82) is 5.26 Å². The first-order valence-electron chi connectivity index (χ1n) is 10.3. The number of amides is 1. The first-order valence-corrected chi connectivity index (χ1v) is 13.3. The molecule has 0 fully saturated rings. The Morgan fingerprint density at radius 1 is 1.22 bits per heavy atom. The van der Waals surface area contributed by atoms with Crippen molar-refractivity contribution in [3.63, 3.8) is 0 Å². The number of nitriles is 1. The van der Waals surface area contributed by atoms with Crippen LogP contribution in [0.4, 0.5) is 5.13 Å². The predicted octanol–water partition coefficient (Wildman–Crippen LogP) is 3.92. The van der Waals surface area contributed by atoms with Gasteiger partial charge in [-0.25, -0.2) is 8.42 Å². The number of sulfone groups is 1. The summed E-state index contributed by atoms with van der Waals surface area (Å²) in [6.45, 7) is 2.42. The highest BCUT2D eigenvalue weighted by atomic mass is 35.5. The van der Waals surface area contributed by atoms with Crippen molar-refractivity contribution in [2.24, 2.45) is 0 Å². The third kappa shape index (κ3) is 6.94. The molecule has 0 radical (unpaired) electrons. The molecule has 10 nitrogen and oxygen atoms in total. The highest BCUT2D eigenvalue weighted by molar-refractivity contribution is 7.90. The van der Waals surface area contributed by atoms with Crippen LogP contribution >= 0.6 is 23.1 Å². The molecule has 0 aliphatic carbocycles. The normalized spacial score (nSPS) is 11.5. The number of nitrogens with one attached hydrogen (secondary N) is 1. The number of hydrogen-bond acceptors (Lipinski definition) is 10. The van der Waals surface area contributed by atoms with Gasteiger partial charge in [0.15, 0.2) is 11.5 Å². The molecule has 1 N–H and O–H groups in total. The quantitative estimate of drug-likeness (QED) is 0.227. The molecule has 1 aromatic heterocycles. The van der Waals surface area contributed by atoms with Crippen LogP contribution in [0, 0.1) is 18.3 Å². The average Bonchev–Trinajstić information content (AvgIpc) is 3.31. The number of aromatic nitrogens is 2. The predicted molar refractivity (Wildman–Crippen MR) is 135 cm³/mol. The van der Waals surface area contributed by atoms with Crippen LogP contribution < -0.4 is 19.5 Å². The van der Waals surface area contributed by atoms with E-state index in [4.69, 9.17) is 25.8 Å². The zero-order chi connectivity index (χ0) is 26.3. The second-order valence-corrected chi connectivity index (χ2v) is 10.3. The molecule has 2 aromatic carbocycles. The Balaban J connectivity index is 1.71. The summed E-state index contributed by atoms with van der Waals surface area (Å²) in [5, 5.41) is 11.6. The van der Waals surface area contributed by atoms with E-state index in [0.717, 1.165) is 17.6 Å². The molecule has 36 heavy (non-hydrogen) atoms. The van der Waals surface area contributed by atoms with Crippen molar-refractivity contribution in [3.8, 4) is 23.3 Å². The lowest BCUT2D eigenvalue weighted by atomic mass is 10.1. The largest absolute Gasteiger partial charge is 0.493 e. The fourth-order valence-corrected chi connectivity index (χ4v) is 4.58. The van der Waals surface area contributed by atoms with Crippen molar-refractivity contribution in [2.45, 2.75) is 12.1 Å². The van der Waals surface area contributed by atoms with Gasteiger partial charge >= 0.3 is 0 Å². The van der Waals surface area contributed by atoms with Gasteiger partial charge in [0.25, 0.3) is 11.1 Å². The molecule has 188 valence electrons. The minimum Gasteiger partial charge on any atom is -0.493 e. The van der Waals surface area contributed by atoms with Crippen molar-refractivity contribution >= 4 is 50.1 Å². The van der Waals surface area contributed by atoms with Gasteiger partial charge in [0.1, 0.15) is 30.6 Å². The first kappa shape index (κ1) is 26.9. The number of aryl methyl sites for hydroxylation is 1. The van der Waals surface area contributed by atoms with Crippen LogP contribution in [0.3, 0.4) is 0 Å². The average molecular weight is 549 g/mol. The van der Waals surface area contributed by atoms with Gasteiger partial charge in [0.05, 0.1) is 12.1 Å². The van der Waals surface area contributed by atoms with E-state index in [1.807, 2.05) is 31.2 Å². The van der Waals surface area contributed by atoms with E-state index in [2.05, 4.69) is 14.7 Å². The molecule has 0 saturated carbocycles. The number of hydrogen-bond donors (Lipinski definition) is 1. The maximum Gasteiger partial charge on any atom is 0.268 e. The van der Waals surface area contributed by atoms with Gasteiger partial charge in [-0.05, 0) is 42.3 Å². The third-order valence-corrected chi connectivity index (χ3v) is 6.44. The Kier molecular flexibility index (Phi) is 8.87. The number of para-hydroxylation sites is 1. The second kappa shape index (κ2) is 11.9. The topological polar surface area (TPSA) is 140 Å². The summed E-state index contributed by atoms with van der Waals surface area (Å²) in [6.07, 6.45) is 2.25. The smallest absolute Gasteiger partial charge is 0.268 e. The third-order valence-electron chi connectivity index (χ3n) is 4.57. The van der Waals surface area contributed by atoms with E-state index in [1.165, 1.54) is 19.3 Å². The number of nitrogens with zero attached hydrogens (tertiary/aromatic N) is 3. The lowest BCUT2D eigenvalue weighted by molar-refractivity contribution is -0.112. The Hall–Kier alpha value is -3.66. The molecule has 0 saturated heterocycles. The summed E-state index contributed by atoms with van der Waals surface area (Å²) < 4.78 is 43.5. The van der Waals surface area contributed by atoms with Crippen LogP contribution in [-0.4, -0.2) is 50.3 Å². The molecule has 0 aliphatic heterocycles. The van der Waals surface area contributed by atoms with E-state index in [1.54, 1.807) is 12.1 Å². The van der Waals surface area contributed by atoms with Gasteiger partial charge in [-0.15, -0.1) is 0 Å². The Labute approximate surface area is 217 Å². The maximum atomic E-state index is 12.5. The molecule has 13 heteroatoms. The van der Waals surface area contributed by atoms with E-state index in [9.17, 15) is 18.5 Å².